The molecule has 0 rings (SSSR count). The summed E-state index contributed by atoms with van der Waals surface area (Å²) in [6.45, 7) is 9.65. The molecule has 0 aliphatic rings. The average molecular weight is 1470 g/mol. The Labute approximate surface area is 613 Å². The maximum absolute atomic E-state index is 13.1. The Bertz CT molecular complexity index is 1920. The molecule has 0 saturated heterocycles. The van der Waals surface area contributed by atoms with E-state index in [1.807, 2.05) is 0 Å². The quantitative estimate of drug-likeness (QED) is 0.0222. The van der Waals surface area contributed by atoms with Gasteiger partial charge in [-0.1, -0.05) is 375 Å². The van der Waals surface area contributed by atoms with Crippen molar-refractivity contribution < 1.29 is 80.2 Å². The number of rotatable bonds is 80. The molecule has 0 aliphatic heterocycles. The molecule has 2 unspecified atom stereocenters. The average Bonchev–Trinajstić information content (AvgIpc) is 0.928. The van der Waals surface area contributed by atoms with Gasteiger partial charge in [0.1, 0.15) is 19.3 Å². The first-order valence-electron chi connectivity index (χ1n) is 42.0. The van der Waals surface area contributed by atoms with Gasteiger partial charge in [0.05, 0.1) is 26.4 Å². The van der Waals surface area contributed by atoms with Crippen LogP contribution in [0.3, 0.4) is 0 Å². The Morgan fingerprint density at radius 2 is 0.460 bits per heavy atom. The van der Waals surface area contributed by atoms with Gasteiger partial charge in [0.15, 0.2) is 12.2 Å². The number of unbranched alkanes of at least 4 members (excludes halogenated alkanes) is 50. The number of carbonyl (C=O) groups is 4. The minimum Gasteiger partial charge on any atom is -0.462 e. The molecule has 3 N–H and O–H groups in total. The van der Waals surface area contributed by atoms with Crippen LogP contribution in [0.2, 0.25) is 0 Å². The molecule has 0 aromatic carbocycles. The molecule has 0 saturated carbocycles. The molecule has 594 valence electrons. The molecular weight excluding hydrogens is 1310 g/mol. The third kappa shape index (κ3) is 74.3. The largest absolute Gasteiger partial charge is 0.472 e. The van der Waals surface area contributed by atoms with E-state index in [0.29, 0.717) is 25.7 Å². The van der Waals surface area contributed by atoms with E-state index >= 15 is 0 Å². The molecule has 0 bridgehead atoms. The Balaban J connectivity index is 5.25. The van der Waals surface area contributed by atoms with Crippen LogP contribution in [0.1, 0.15) is 427 Å². The fourth-order valence-electron chi connectivity index (χ4n) is 12.5. The highest BCUT2D eigenvalue weighted by Gasteiger charge is 2.30. The van der Waals surface area contributed by atoms with E-state index in [1.165, 1.54) is 244 Å². The van der Waals surface area contributed by atoms with E-state index in [9.17, 15) is 43.2 Å². The van der Waals surface area contributed by atoms with Crippen molar-refractivity contribution in [3.05, 3.63) is 0 Å². The molecule has 0 aromatic rings. The molecule has 100 heavy (non-hydrogen) atoms. The summed E-state index contributed by atoms with van der Waals surface area (Å²) < 4.78 is 68.7. The first-order chi connectivity index (χ1) is 48.4. The fraction of sp³-hybridized carbons (Fsp3) is 0.951. The van der Waals surface area contributed by atoms with Gasteiger partial charge in [0, 0.05) is 25.7 Å². The van der Waals surface area contributed by atoms with Crippen LogP contribution >= 0.6 is 15.6 Å². The van der Waals surface area contributed by atoms with E-state index in [-0.39, 0.29) is 25.7 Å². The van der Waals surface area contributed by atoms with Crippen LogP contribution in [-0.2, 0) is 65.4 Å². The van der Waals surface area contributed by atoms with E-state index in [0.717, 1.165) is 102 Å². The second-order valence-corrected chi connectivity index (χ2v) is 33.0. The maximum atomic E-state index is 13.1. The summed E-state index contributed by atoms with van der Waals surface area (Å²) in [6, 6.07) is 0. The lowest BCUT2D eigenvalue weighted by molar-refractivity contribution is -0.161. The summed E-state index contributed by atoms with van der Waals surface area (Å²) >= 11 is 0. The molecule has 17 nitrogen and oxygen atoms in total. The number of phosphoric ester groups is 2. The molecule has 0 amide bonds. The first-order valence-corrected chi connectivity index (χ1v) is 45.0. The fourth-order valence-corrected chi connectivity index (χ4v) is 14.1. The van der Waals surface area contributed by atoms with Gasteiger partial charge >= 0.3 is 39.5 Å². The van der Waals surface area contributed by atoms with Gasteiger partial charge in [-0.05, 0) is 37.5 Å². The van der Waals surface area contributed by atoms with Crippen LogP contribution in [0.15, 0.2) is 0 Å². The second-order valence-electron chi connectivity index (χ2n) is 30.1. The molecule has 5 atom stereocenters. The van der Waals surface area contributed by atoms with Gasteiger partial charge in [-0.2, -0.15) is 0 Å². The van der Waals surface area contributed by atoms with Crippen LogP contribution in [-0.4, -0.2) is 96.7 Å². The molecular formula is C81H158O17P2. The summed E-state index contributed by atoms with van der Waals surface area (Å²) in [4.78, 5) is 73.1. The van der Waals surface area contributed by atoms with Crippen molar-refractivity contribution in [1.29, 1.82) is 0 Å². The lowest BCUT2D eigenvalue weighted by Crippen LogP contribution is -2.30. The SMILES string of the molecule is CCCCCCCCCCCCCCCCCCCCC(=O)O[C@H](COC(=O)CCCCCCCCCCCCCCCCC(C)C)COP(=O)(O)OC[C@@H](O)COP(=O)(O)OC[C@@H](COC(=O)CCCCCCCCCCCC(C)C)OC(=O)CCCCCCCCCCCCCCC. The molecule has 0 spiro atoms. The number of ether oxygens (including phenoxy) is 4. The molecule has 0 heterocycles. The second kappa shape index (κ2) is 72.6. The van der Waals surface area contributed by atoms with Crippen molar-refractivity contribution in [2.24, 2.45) is 11.8 Å². The zero-order chi connectivity index (χ0) is 73.5. The van der Waals surface area contributed by atoms with Gasteiger partial charge in [0.25, 0.3) is 0 Å². The standard InChI is InChI=1S/C81H158O17P2/c1-7-9-11-13-15-17-19-21-22-23-24-25-31-35-41-48-54-60-66-81(86)97-76(69-91-78(83)63-57-51-45-39-33-30-27-26-29-32-37-43-49-55-61-73(3)4)71-95-99(87,88)93-67-75(82)68-94-100(89,90)96-72-77(70-92-79(84)64-58-52-46-42-36-38-44-50-56-62-74(5)6)98-80(85)65-59-53-47-40-34-28-20-18-16-14-12-10-8-2/h73-77,82H,7-72H2,1-6H3,(H,87,88)(H,89,90)/t75-,76-,77-/m1/s1. The minimum atomic E-state index is -4.96. The van der Waals surface area contributed by atoms with Crippen molar-refractivity contribution in [2.45, 2.75) is 445 Å². The number of hydrogen-bond donors (Lipinski definition) is 3. The summed E-state index contributed by atoms with van der Waals surface area (Å²) in [5.74, 6) is -0.563. The summed E-state index contributed by atoms with van der Waals surface area (Å²) in [7, 11) is -9.92. The first kappa shape index (κ1) is 98.1. The summed E-state index contributed by atoms with van der Waals surface area (Å²) in [6.07, 6.45) is 62.3. The minimum absolute atomic E-state index is 0.107. The number of carbonyl (C=O) groups excluding carboxylic acids is 4. The topological polar surface area (TPSA) is 237 Å². The van der Waals surface area contributed by atoms with E-state index < -0.39 is 97.5 Å². The maximum Gasteiger partial charge on any atom is 0.472 e. The highest BCUT2D eigenvalue weighted by atomic mass is 31.2. The van der Waals surface area contributed by atoms with Crippen LogP contribution in [0.25, 0.3) is 0 Å². The number of hydrogen-bond acceptors (Lipinski definition) is 15. The summed E-state index contributed by atoms with van der Waals surface area (Å²) in [5, 5.41) is 10.6. The van der Waals surface area contributed by atoms with E-state index in [4.69, 9.17) is 37.0 Å². The normalized spacial score (nSPS) is 13.9. The monoisotopic (exact) mass is 1470 g/mol. The number of aliphatic hydroxyl groups excluding tert-OH is 1. The molecule has 0 aromatic heterocycles. The van der Waals surface area contributed by atoms with Crippen LogP contribution in [0.5, 0.6) is 0 Å². The van der Waals surface area contributed by atoms with Crippen molar-refractivity contribution >= 4 is 39.5 Å². The Hall–Kier alpha value is -1.94. The number of phosphoric acid groups is 2. The smallest absolute Gasteiger partial charge is 0.462 e. The van der Waals surface area contributed by atoms with Crippen molar-refractivity contribution in [3.8, 4) is 0 Å². The van der Waals surface area contributed by atoms with E-state index in [2.05, 4.69) is 41.5 Å². The predicted molar refractivity (Wildman–Crippen MR) is 409 cm³/mol. The van der Waals surface area contributed by atoms with Crippen molar-refractivity contribution in [2.75, 3.05) is 39.6 Å². The molecule has 0 radical (unpaired) electrons. The third-order valence-corrected chi connectivity index (χ3v) is 20.9. The van der Waals surface area contributed by atoms with Crippen molar-refractivity contribution in [3.63, 3.8) is 0 Å². The van der Waals surface area contributed by atoms with Gasteiger partial charge in [-0.15, -0.1) is 0 Å². The molecule has 19 heteroatoms. The predicted octanol–water partition coefficient (Wildman–Crippen LogP) is 24.3. The van der Waals surface area contributed by atoms with Gasteiger partial charge in [0.2, 0.25) is 0 Å². The molecule has 0 fully saturated rings. The highest BCUT2D eigenvalue weighted by molar-refractivity contribution is 7.47. The Kier molecular flexibility index (Phi) is 71.2. The third-order valence-electron chi connectivity index (χ3n) is 19.0. The Morgan fingerprint density at radius 1 is 0.270 bits per heavy atom. The Morgan fingerprint density at radius 3 is 0.680 bits per heavy atom. The van der Waals surface area contributed by atoms with Gasteiger partial charge in [-0.3, -0.25) is 37.3 Å². The molecule has 0 aliphatic carbocycles. The lowest BCUT2D eigenvalue weighted by atomic mass is 10.0. The zero-order valence-corrected chi connectivity index (χ0v) is 67.3. The number of esters is 4. The van der Waals surface area contributed by atoms with Crippen LogP contribution in [0.4, 0.5) is 0 Å². The van der Waals surface area contributed by atoms with Crippen LogP contribution < -0.4 is 0 Å². The van der Waals surface area contributed by atoms with Crippen LogP contribution in [0, 0.1) is 11.8 Å². The van der Waals surface area contributed by atoms with Crippen molar-refractivity contribution in [1.82, 2.24) is 0 Å². The van der Waals surface area contributed by atoms with Gasteiger partial charge < -0.3 is 33.8 Å². The number of aliphatic hydroxyl groups is 1. The zero-order valence-electron chi connectivity index (χ0n) is 65.5. The summed E-state index contributed by atoms with van der Waals surface area (Å²) in [5.41, 5.74) is 0. The highest BCUT2D eigenvalue weighted by Crippen LogP contribution is 2.45. The lowest BCUT2D eigenvalue weighted by Gasteiger charge is -2.21. The van der Waals surface area contributed by atoms with Gasteiger partial charge in [-0.25, -0.2) is 9.13 Å². The van der Waals surface area contributed by atoms with E-state index in [1.54, 1.807) is 0 Å².